The van der Waals surface area contributed by atoms with E-state index in [2.05, 4.69) is 5.32 Å². The van der Waals surface area contributed by atoms with Crippen molar-refractivity contribution in [2.75, 3.05) is 0 Å². The van der Waals surface area contributed by atoms with Crippen LogP contribution >= 0.6 is 0 Å². The molecule has 3 N–H and O–H groups in total. The summed E-state index contributed by atoms with van der Waals surface area (Å²) >= 11 is 0. The van der Waals surface area contributed by atoms with E-state index >= 15 is 0 Å². The van der Waals surface area contributed by atoms with E-state index < -0.39 is 0 Å². The number of hydrogen-bond donors (Lipinski definition) is 2. The first-order valence-electron chi connectivity index (χ1n) is 7.85. The maximum absolute atomic E-state index is 12.1. The second-order valence-electron chi connectivity index (χ2n) is 5.81. The van der Waals surface area contributed by atoms with Crippen molar-refractivity contribution in [3.63, 3.8) is 0 Å². The first-order chi connectivity index (χ1) is 9.78. The van der Waals surface area contributed by atoms with Gasteiger partial charge in [-0.3, -0.25) is 4.79 Å². The lowest BCUT2D eigenvalue weighted by atomic mass is 9.96. The Balaban J connectivity index is 1.81. The molecule has 110 valence electrons. The van der Waals surface area contributed by atoms with Gasteiger partial charge in [-0.1, -0.05) is 56.4 Å². The van der Waals surface area contributed by atoms with Crippen LogP contribution in [-0.4, -0.2) is 11.9 Å². The Morgan fingerprint density at radius 2 is 1.55 bits per heavy atom. The molecule has 2 rings (SSSR count). The summed E-state index contributed by atoms with van der Waals surface area (Å²) in [6.45, 7) is 0.550. The van der Waals surface area contributed by atoms with Crippen molar-refractivity contribution in [1.82, 2.24) is 5.32 Å². The summed E-state index contributed by atoms with van der Waals surface area (Å²) in [4.78, 5) is 12.1. The average Bonchev–Trinajstić information content (AvgIpc) is 2.42. The molecule has 0 atom stereocenters. The molecule has 1 aromatic rings. The monoisotopic (exact) mass is 274 g/mol. The molecule has 0 heterocycles. The van der Waals surface area contributed by atoms with Gasteiger partial charge in [0.1, 0.15) is 0 Å². The lowest BCUT2D eigenvalue weighted by Gasteiger charge is -2.21. The molecule has 1 aliphatic carbocycles. The minimum atomic E-state index is 0.149. The van der Waals surface area contributed by atoms with Gasteiger partial charge in [0.05, 0.1) is 6.42 Å². The molecule has 0 aliphatic heterocycles. The smallest absolute Gasteiger partial charge is 0.224 e. The first kappa shape index (κ1) is 15.0. The van der Waals surface area contributed by atoms with E-state index in [1.165, 1.54) is 32.1 Å². The zero-order valence-corrected chi connectivity index (χ0v) is 12.2. The number of nitrogens with one attached hydrogen (secondary N) is 1. The van der Waals surface area contributed by atoms with Crippen LogP contribution in [0, 0.1) is 0 Å². The summed E-state index contributed by atoms with van der Waals surface area (Å²) in [6.07, 6.45) is 9.22. The van der Waals surface area contributed by atoms with Crippen LogP contribution in [0.5, 0.6) is 0 Å². The highest BCUT2D eigenvalue weighted by Crippen LogP contribution is 2.17. The van der Waals surface area contributed by atoms with E-state index in [1.807, 2.05) is 24.3 Å². The van der Waals surface area contributed by atoms with Crippen molar-refractivity contribution in [3.8, 4) is 0 Å². The fraction of sp³-hybridized carbons (Fsp3) is 0.588. The van der Waals surface area contributed by atoms with Crippen molar-refractivity contribution in [3.05, 3.63) is 35.4 Å². The molecule has 3 nitrogen and oxygen atoms in total. The SMILES string of the molecule is NCc1ccc(CC(=O)NC2CCCCCCC2)cc1. The zero-order chi connectivity index (χ0) is 14.2. The van der Waals surface area contributed by atoms with Gasteiger partial charge in [0.25, 0.3) is 0 Å². The molecule has 0 spiro atoms. The molecule has 1 aromatic carbocycles. The Morgan fingerprint density at radius 3 is 2.15 bits per heavy atom. The third-order valence-electron chi connectivity index (χ3n) is 4.09. The van der Waals surface area contributed by atoms with E-state index in [-0.39, 0.29) is 5.91 Å². The van der Waals surface area contributed by atoms with E-state index in [1.54, 1.807) is 0 Å². The quantitative estimate of drug-likeness (QED) is 0.887. The second kappa shape index (κ2) is 8.05. The Morgan fingerprint density at radius 1 is 1.00 bits per heavy atom. The summed E-state index contributed by atoms with van der Waals surface area (Å²) < 4.78 is 0. The van der Waals surface area contributed by atoms with Crippen LogP contribution < -0.4 is 11.1 Å². The zero-order valence-electron chi connectivity index (χ0n) is 12.2. The maximum atomic E-state index is 12.1. The van der Waals surface area contributed by atoms with Crippen LogP contribution in [0.15, 0.2) is 24.3 Å². The highest BCUT2D eigenvalue weighted by atomic mass is 16.1. The number of rotatable bonds is 4. The molecule has 0 unspecified atom stereocenters. The molecule has 0 radical (unpaired) electrons. The Hall–Kier alpha value is -1.35. The molecule has 3 heteroatoms. The molecular formula is C17H26N2O. The summed E-state index contributed by atoms with van der Waals surface area (Å²) in [5.74, 6) is 0.149. The van der Waals surface area contributed by atoms with Crippen LogP contribution in [0.1, 0.15) is 56.1 Å². The van der Waals surface area contributed by atoms with Crippen LogP contribution in [0.25, 0.3) is 0 Å². The van der Waals surface area contributed by atoms with Crippen LogP contribution in [0.3, 0.4) is 0 Å². The molecule has 1 fully saturated rings. The Labute approximate surface area is 121 Å². The summed E-state index contributed by atoms with van der Waals surface area (Å²) in [5, 5.41) is 3.20. The second-order valence-corrected chi connectivity index (χ2v) is 5.81. The fourth-order valence-corrected chi connectivity index (χ4v) is 2.86. The molecule has 0 bridgehead atoms. The molecule has 0 saturated heterocycles. The molecule has 20 heavy (non-hydrogen) atoms. The molecule has 1 amide bonds. The lowest BCUT2D eigenvalue weighted by molar-refractivity contribution is -0.121. The largest absolute Gasteiger partial charge is 0.353 e. The van der Waals surface area contributed by atoms with Crippen molar-refractivity contribution in [1.29, 1.82) is 0 Å². The van der Waals surface area contributed by atoms with E-state index in [0.717, 1.165) is 24.0 Å². The summed E-state index contributed by atoms with van der Waals surface area (Å²) in [6, 6.07) is 8.38. The first-order valence-corrected chi connectivity index (χ1v) is 7.85. The molecule has 1 aliphatic rings. The predicted octanol–water partition coefficient (Wildman–Crippen LogP) is 2.92. The van der Waals surface area contributed by atoms with Crippen molar-refractivity contribution in [2.24, 2.45) is 5.73 Å². The Bertz CT molecular complexity index is 406. The van der Waals surface area contributed by atoms with E-state index in [9.17, 15) is 4.79 Å². The van der Waals surface area contributed by atoms with Crippen molar-refractivity contribution < 1.29 is 4.79 Å². The van der Waals surface area contributed by atoms with E-state index in [4.69, 9.17) is 5.73 Å². The van der Waals surface area contributed by atoms with Gasteiger partial charge in [-0.25, -0.2) is 0 Å². The van der Waals surface area contributed by atoms with Crippen molar-refractivity contribution >= 4 is 5.91 Å². The maximum Gasteiger partial charge on any atom is 0.224 e. The molecule has 1 saturated carbocycles. The van der Waals surface area contributed by atoms with Gasteiger partial charge < -0.3 is 11.1 Å². The number of nitrogens with two attached hydrogens (primary N) is 1. The minimum absolute atomic E-state index is 0.149. The molecule has 0 aromatic heterocycles. The average molecular weight is 274 g/mol. The predicted molar refractivity (Wildman–Crippen MR) is 82.3 cm³/mol. The van der Waals surface area contributed by atoms with E-state index in [0.29, 0.717) is 19.0 Å². The topological polar surface area (TPSA) is 55.1 Å². The number of benzene rings is 1. The van der Waals surface area contributed by atoms with Gasteiger partial charge in [-0.2, -0.15) is 0 Å². The number of hydrogen-bond acceptors (Lipinski definition) is 2. The minimum Gasteiger partial charge on any atom is -0.353 e. The Kier molecular flexibility index (Phi) is 6.06. The fourth-order valence-electron chi connectivity index (χ4n) is 2.86. The molecular weight excluding hydrogens is 248 g/mol. The van der Waals surface area contributed by atoms with Crippen molar-refractivity contribution in [2.45, 2.75) is 64.0 Å². The normalized spacial score (nSPS) is 17.2. The highest BCUT2D eigenvalue weighted by molar-refractivity contribution is 5.78. The van der Waals surface area contributed by atoms with Gasteiger partial charge in [0.15, 0.2) is 0 Å². The van der Waals surface area contributed by atoms with Gasteiger partial charge >= 0.3 is 0 Å². The van der Waals surface area contributed by atoms with Gasteiger partial charge in [-0.05, 0) is 24.0 Å². The van der Waals surface area contributed by atoms with Crippen LogP contribution in [-0.2, 0) is 17.8 Å². The number of carbonyl (C=O) groups is 1. The highest BCUT2D eigenvalue weighted by Gasteiger charge is 2.14. The third-order valence-corrected chi connectivity index (χ3v) is 4.09. The number of amides is 1. The standard InChI is InChI=1S/C17H26N2O/c18-13-15-10-8-14(9-11-15)12-17(20)19-16-6-4-2-1-3-5-7-16/h8-11,16H,1-7,12-13,18H2,(H,19,20). The summed E-state index contributed by atoms with van der Waals surface area (Å²) in [5.41, 5.74) is 7.74. The lowest BCUT2D eigenvalue weighted by Crippen LogP contribution is -2.36. The van der Waals surface area contributed by atoms with Gasteiger partial charge in [-0.15, -0.1) is 0 Å². The van der Waals surface area contributed by atoms with Crippen LogP contribution in [0.4, 0.5) is 0 Å². The summed E-state index contributed by atoms with van der Waals surface area (Å²) in [7, 11) is 0. The third kappa shape index (κ3) is 4.97. The van der Waals surface area contributed by atoms with Crippen LogP contribution in [0.2, 0.25) is 0 Å². The van der Waals surface area contributed by atoms with Gasteiger partial charge in [0.2, 0.25) is 5.91 Å². The number of carbonyl (C=O) groups excluding carboxylic acids is 1. The van der Waals surface area contributed by atoms with Gasteiger partial charge in [0, 0.05) is 12.6 Å².